The third-order valence-electron chi connectivity index (χ3n) is 7.70. The molecule has 0 unspecified atom stereocenters. The van der Waals surface area contributed by atoms with Crippen LogP contribution < -0.4 is 10.1 Å². The van der Waals surface area contributed by atoms with E-state index in [0.29, 0.717) is 12.5 Å². The first-order chi connectivity index (χ1) is 14.0. The molecule has 2 fully saturated rings. The summed E-state index contributed by atoms with van der Waals surface area (Å²) in [6.45, 7) is 5.69. The van der Waals surface area contributed by atoms with Crippen LogP contribution in [0.2, 0.25) is 0 Å². The number of hydrogen-bond donors (Lipinski definition) is 2. The Kier molecular flexibility index (Phi) is 5.71. The molecule has 3 aliphatic rings. The Morgan fingerprint density at radius 2 is 2.14 bits per heavy atom. The zero-order valence-corrected chi connectivity index (χ0v) is 17.7. The first kappa shape index (κ1) is 20.4. The average molecular weight is 400 g/mol. The van der Waals surface area contributed by atoms with Gasteiger partial charge in [-0.1, -0.05) is 43.7 Å². The number of para-hydroxylation sites is 1. The summed E-state index contributed by atoms with van der Waals surface area (Å²) in [7, 11) is 1.68. The van der Waals surface area contributed by atoms with Crippen LogP contribution in [0.15, 0.2) is 35.9 Å². The number of esters is 1. The molecule has 1 saturated heterocycles. The van der Waals surface area contributed by atoms with Crippen molar-refractivity contribution in [3.8, 4) is 5.75 Å². The van der Waals surface area contributed by atoms with E-state index in [-0.39, 0.29) is 29.3 Å². The molecule has 5 nitrogen and oxygen atoms in total. The molecule has 0 spiro atoms. The van der Waals surface area contributed by atoms with E-state index in [1.807, 2.05) is 18.2 Å². The lowest BCUT2D eigenvalue weighted by Gasteiger charge is -2.51. The van der Waals surface area contributed by atoms with Crippen molar-refractivity contribution < 1.29 is 19.4 Å². The molecular weight excluding hydrogens is 366 g/mol. The molecule has 5 heteroatoms. The van der Waals surface area contributed by atoms with Gasteiger partial charge in [-0.3, -0.25) is 4.79 Å². The van der Waals surface area contributed by atoms with Crippen molar-refractivity contribution in [2.45, 2.75) is 51.7 Å². The van der Waals surface area contributed by atoms with Crippen molar-refractivity contribution >= 4 is 5.97 Å². The number of rotatable bonds is 6. The predicted molar refractivity (Wildman–Crippen MR) is 112 cm³/mol. The molecule has 2 N–H and O–H groups in total. The Balaban J connectivity index is 1.41. The maximum absolute atomic E-state index is 12.6. The van der Waals surface area contributed by atoms with Crippen LogP contribution in [-0.4, -0.2) is 43.5 Å². The number of aliphatic hydroxyl groups is 1. The molecule has 1 aromatic rings. The molecule has 2 aliphatic carbocycles. The van der Waals surface area contributed by atoms with Gasteiger partial charge in [-0.15, -0.1) is 0 Å². The number of carbonyl (C=O) groups excluding carboxylic acids is 1. The largest absolute Gasteiger partial charge is 0.496 e. The van der Waals surface area contributed by atoms with Crippen LogP contribution in [0.3, 0.4) is 0 Å². The van der Waals surface area contributed by atoms with Gasteiger partial charge in [0.05, 0.1) is 19.1 Å². The highest BCUT2D eigenvalue weighted by Gasteiger charge is 2.59. The number of methoxy groups -OCH3 is 1. The van der Waals surface area contributed by atoms with Crippen LogP contribution in [-0.2, 0) is 16.0 Å². The van der Waals surface area contributed by atoms with Crippen molar-refractivity contribution in [2.24, 2.45) is 23.2 Å². The summed E-state index contributed by atoms with van der Waals surface area (Å²) >= 11 is 0. The first-order valence-electron chi connectivity index (χ1n) is 10.9. The van der Waals surface area contributed by atoms with E-state index in [1.165, 1.54) is 5.57 Å². The highest BCUT2D eigenvalue weighted by atomic mass is 16.6. The van der Waals surface area contributed by atoms with Gasteiger partial charge in [0.15, 0.2) is 0 Å². The quantitative estimate of drug-likeness (QED) is 0.437. The number of fused-ring (bicyclic) bond motifs is 2. The van der Waals surface area contributed by atoms with Gasteiger partial charge in [-0.25, -0.2) is 0 Å². The summed E-state index contributed by atoms with van der Waals surface area (Å²) in [5.41, 5.74) is 2.18. The maximum atomic E-state index is 12.6. The van der Waals surface area contributed by atoms with E-state index in [4.69, 9.17) is 9.47 Å². The Morgan fingerprint density at radius 3 is 2.93 bits per heavy atom. The number of nitrogens with one attached hydrogen (secondary N) is 1. The van der Waals surface area contributed by atoms with Gasteiger partial charge in [0.25, 0.3) is 0 Å². The van der Waals surface area contributed by atoms with Crippen LogP contribution in [0, 0.1) is 23.2 Å². The molecule has 1 aliphatic heterocycles. The van der Waals surface area contributed by atoms with Crippen LogP contribution >= 0.6 is 0 Å². The van der Waals surface area contributed by atoms with Crippen molar-refractivity contribution in [3.63, 3.8) is 0 Å². The highest BCUT2D eigenvalue weighted by Crippen LogP contribution is 2.55. The van der Waals surface area contributed by atoms with Crippen molar-refractivity contribution in [1.82, 2.24) is 5.32 Å². The van der Waals surface area contributed by atoms with Gasteiger partial charge in [0.1, 0.15) is 11.9 Å². The fraction of sp³-hybridized carbons (Fsp3) is 0.625. The van der Waals surface area contributed by atoms with E-state index in [2.05, 4.69) is 31.3 Å². The molecule has 1 aromatic carbocycles. The lowest BCUT2D eigenvalue weighted by molar-refractivity contribution is -0.144. The van der Waals surface area contributed by atoms with Crippen molar-refractivity contribution in [3.05, 3.63) is 41.5 Å². The second-order valence-electron chi connectivity index (χ2n) is 9.06. The summed E-state index contributed by atoms with van der Waals surface area (Å²) in [5, 5.41) is 14.8. The van der Waals surface area contributed by atoms with Crippen LogP contribution in [0.4, 0.5) is 0 Å². The summed E-state index contributed by atoms with van der Waals surface area (Å²) in [6, 6.07) is 7.99. The summed E-state index contributed by atoms with van der Waals surface area (Å²) in [4.78, 5) is 12.6. The lowest BCUT2D eigenvalue weighted by Crippen LogP contribution is -2.54. The molecule has 4 rings (SSSR count). The van der Waals surface area contributed by atoms with E-state index in [1.54, 1.807) is 7.11 Å². The molecule has 0 amide bonds. The normalized spacial score (nSPS) is 36.1. The maximum Gasteiger partial charge on any atom is 0.311 e. The molecule has 6 atom stereocenters. The Labute approximate surface area is 173 Å². The zero-order chi connectivity index (χ0) is 20.6. The summed E-state index contributed by atoms with van der Waals surface area (Å²) in [5.74, 6) is 0.702. The molecule has 1 heterocycles. The SMILES string of the molecule is COc1ccccc1CCNC[C@H]1C(=O)O[C@@H]2CC3=CCC[C@@H](C)[C@@]3(C)[C@H](O)[C@H]21. The molecule has 1 saturated carbocycles. The fourth-order valence-electron chi connectivity index (χ4n) is 5.69. The smallest absolute Gasteiger partial charge is 0.311 e. The highest BCUT2D eigenvalue weighted by molar-refractivity contribution is 5.76. The Bertz CT molecular complexity index is 791. The zero-order valence-electron chi connectivity index (χ0n) is 17.7. The second-order valence-corrected chi connectivity index (χ2v) is 9.06. The van der Waals surface area contributed by atoms with E-state index < -0.39 is 6.10 Å². The number of aliphatic hydroxyl groups excluding tert-OH is 1. The van der Waals surface area contributed by atoms with Gasteiger partial charge in [0, 0.05) is 24.3 Å². The number of benzene rings is 1. The van der Waals surface area contributed by atoms with E-state index in [9.17, 15) is 9.90 Å². The van der Waals surface area contributed by atoms with Crippen molar-refractivity contribution in [2.75, 3.05) is 20.2 Å². The Hall–Kier alpha value is -1.85. The van der Waals surface area contributed by atoms with Gasteiger partial charge in [0.2, 0.25) is 0 Å². The fourth-order valence-corrected chi connectivity index (χ4v) is 5.69. The predicted octanol–water partition coefficient (Wildman–Crippen LogP) is 3.11. The van der Waals surface area contributed by atoms with Crippen LogP contribution in [0.1, 0.15) is 38.7 Å². The van der Waals surface area contributed by atoms with Gasteiger partial charge < -0.3 is 19.9 Å². The lowest BCUT2D eigenvalue weighted by atomic mass is 9.55. The molecular formula is C24H33NO4. The average Bonchev–Trinajstić information content (AvgIpc) is 3.03. The minimum Gasteiger partial charge on any atom is -0.496 e. The summed E-state index contributed by atoms with van der Waals surface area (Å²) in [6.07, 6.45) is 5.27. The van der Waals surface area contributed by atoms with Gasteiger partial charge >= 0.3 is 5.97 Å². The first-order valence-corrected chi connectivity index (χ1v) is 10.9. The number of ether oxygens (including phenoxy) is 2. The van der Waals surface area contributed by atoms with Crippen LogP contribution in [0.25, 0.3) is 0 Å². The number of hydrogen-bond acceptors (Lipinski definition) is 5. The second kappa shape index (κ2) is 8.11. The van der Waals surface area contributed by atoms with E-state index in [0.717, 1.165) is 43.5 Å². The third-order valence-corrected chi connectivity index (χ3v) is 7.70. The minimum absolute atomic E-state index is 0.135. The Morgan fingerprint density at radius 1 is 1.34 bits per heavy atom. The molecule has 0 aromatic heterocycles. The molecule has 158 valence electrons. The standard InChI is InChI=1S/C24H33NO4/c1-15-7-6-9-17-13-20-21(22(26)24(15,17)2)18(23(27)29-20)14-25-12-11-16-8-4-5-10-19(16)28-3/h4-5,8-10,15,18,20-22,25-26H,6-7,11-14H2,1-3H3/t15-,18-,20-,21+,22-,24-/m1/s1. The van der Waals surface area contributed by atoms with Crippen molar-refractivity contribution in [1.29, 1.82) is 0 Å². The van der Waals surface area contributed by atoms with Gasteiger partial charge in [-0.2, -0.15) is 0 Å². The minimum atomic E-state index is -0.546. The topological polar surface area (TPSA) is 67.8 Å². The number of carbonyl (C=O) groups is 1. The van der Waals surface area contributed by atoms with E-state index >= 15 is 0 Å². The van der Waals surface area contributed by atoms with Crippen LogP contribution in [0.5, 0.6) is 5.75 Å². The number of allylic oxidation sites excluding steroid dienone is 1. The molecule has 0 bridgehead atoms. The van der Waals surface area contributed by atoms with Gasteiger partial charge in [-0.05, 0) is 43.4 Å². The molecule has 0 radical (unpaired) electrons. The monoisotopic (exact) mass is 399 g/mol. The third kappa shape index (κ3) is 3.49. The summed E-state index contributed by atoms with van der Waals surface area (Å²) < 4.78 is 11.1. The molecule has 29 heavy (non-hydrogen) atoms.